The third-order valence-corrected chi connectivity index (χ3v) is 5.89. The maximum Gasteiger partial charge on any atom is 0.254 e. The molecule has 1 amide bonds. The number of piperidine rings is 1. The Morgan fingerprint density at radius 2 is 1.93 bits per heavy atom. The van der Waals surface area contributed by atoms with Crippen molar-refractivity contribution in [3.63, 3.8) is 0 Å². The van der Waals surface area contributed by atoms with Crippen molar-refractivity contribution in [1.29, 1.82) is 0 Å². The smallest absolute Gasteiger partial charge is 0.254 e. The van der Waals surface area contributed by atoms with Gasteiger partial charge in [-0.3, -0.25) is 4.79 Å². The van der Waals surface area contributed by atoms with Crippen molar-refractivity contribution in [2.75, 3.05) is 32.8 Å². The van der Waals surface area contributed by atoms with Crippen LogP contribution in [0.3, 0.4) is 0 Å². The number of hydrogen-bond donors (Lipinski definition) is 1. The topological polar surface area (TPSA) is 78.8 Å². The predicted molar refractivity (Wildman–Crippen MR) is 109 cm³/mol. The van der Waals surface area contributed by atoms with Crippen LogP contribution < -0.4 is 4.74 Å². The zero-order chi connectivity index (χ0) is 20.2. The van der Waals surface area contributed by atoms with E-state index in [2.05, 4.69) is 14.9 Å². The van der Waals surface area contributed by atoms with Crippen LogP contribution in [-0.4, -0.2) is 75.7 Å². The molecule has 1 saturated heterocycles. The number of benzene rings is 1. The van der Waals surface area contributed by atoms with Gasteiger partial charge in [0.15, 0.2) is 5.15 Å². The summed E-state index contributed by atoms with van der Waals surface area (Å²) in [6.07, 6.45) is 5.09. The minimum absolute atomic E-state index is 0.111. The minimum atomic E-state index is -0.645. The molecule has 1 fully saturated rings. The minimum Gasteiger partial charge on any atom is -0.473 e. The summed E-state index contributed by atoms with van der Waals surface area (Å²) in [5.41, 5.74) is 1.99. The van der Waals surface area contributed by atoms with Crippen molar-refractivity contribution in [1.82, 2.24) is 19.8 Å². The highest BCUT2D eigenvalue weighted by molar-refractivity contribution is 6.30. The van der Waals surface area contributed by atoms with Crippen LogP contribution in [0.5, 0.6) is 5.88 Å². The Morgan fingerprint density at radius 1 is 1.17 bits per heavy atom. The molecule has 3 heterocycles. The molecular formula is C21H25ClN4O3. The molecule has 1 aromatic heterocycles. The molecule has 154 valence electrons. The van der Waals surface area contributed by atoms with Crippen molar-refractivity contribution >= 4 is 17.5 Å². The van der Waals surface area contributed by atoms with Gasteiger partial charge in [-0.25, -0.2) is 9.97 Å². The van der Waals surface area contributed by atoms with Crippen molar-refractivity contribution in [3.05, 3.63) is 52.9 Å². The Balaban J connectivity index is 1.24. The lowest BCUT2D eigenvalue weighted by Gasteiger charge is -2.41. The highest BCUT2D eigenvalue weighted by atomic mass is 35.5. The number of fused-ring (bicyclic) bond motifs is 1. The van der Waals surface area contributed by atoms with E-state index >= 15 is 0 Å². The van der Waals surface area contributed by atoms with Gasteiger partial charge in [0.05, 0.1) is 0 Å². The van der Waals surface area contributed by atoms with Gasteiger partial charge in [0, 0.05) is 50.2 Å². The summed E-state index contributed by atoms with van der Waals surface area (Å²) in [6, 6.07) is 8.16. The lowest BCUT2D eigenvalue weighted by atomic mass is 9.95. The standard InChI is InChI=1S/C21H25ClN4O3/c22-19-20(24-9-8-23-19)29-14-17(27)13-25-10-6-16(7-11-25)26-12-5-15-3-1-2-4-18(15)21(26)28/h1-4,8-9,16-17,27H,5-7,10-14H2. The molecule has 1 N–H and O–H groups in total. The molecule has 0 spiro atoms. The zero-order valence-electron chi connectivity index (χ0n) is 16.2. The number of likely N-dealkylation sites (tertiary alicyclic amines) is 1. The summed E-state index contributed by atoms with van der Waals surface area (Å²) in [5.74, 6) is 0.385. The summed E-state index contributed by atoms with van der Waals surface area (Å²) in [5, 5.41) is 10.5. The van der Waals surface area contributed by atoms with Gasteiger partial charge in [0.2, 0.25) is 0 Å². The summed E-state index contributed by atoms with van der Waals surface area (Å²) in [7, 11) is 0. The second kappa shape index (κ2) is 9.07. The summed E-state index contributed by atoms with van der Waals surface area (Å²) >= 11 is 5.91. The number of amides is 1. The Kier molecular flexibility index (Phi) is 6.28. The molecule has 1 aromatic carbocycles. The van der Waals surface area contributed by atoms with E-state index in [4.69, 9.17) is 16.3 Å². The van der Waals surface area contributed by atoms with E-state index in [1.807, 2.05) is 29.2 Å². The van der Waals surface area contributed by atoms with Gasteiger partial charge in [-0.2, -0.15) is 0 Å². The van der Waals surface area contributed by atoms with E-state index in [-0.39, 0.29) is 29.6 Å². The van der Waals surface area contributed by atoms with Crippen LogP contribution >= 0.6 is 11.6 Å². The van der Waals surface area contributed by atoms with E-state index in [1.165, 1.54) is 12.4 Å². The number of rotatable bonds is 6. The van der Waals surface area contributed by atoms with Gasteiger partial charge in [0.1, 0.15) is 12.7 Å². The highest BCUT2D eigenvalue weighted by Crippen LogP contribution is 2.25. The Bertz CT molecular complexity index is 857. The van der Waals surface area contributed by atoms with Gasteiger partial charge in [-0.15, -0.1) is 0 Å². The SMILES string of the molecule is O=C1c2ccccc2CCN1C1CCN(CC(O)COc2nccnc2Cl)CC1. The predicted octanol–water partition coefficient (Wildman–Crippen LogP) is 2.03. The maximum atomic E-state index is 12.9. The fraction of sp³-hybridized carbons (Fsp3) is 0.476. The van der Waals surface area contributed by atoms with Crippen LogP contribution in [-0.2, 0) is 6.42 Å². The number of hydrogen-bond acceptors (Lipinski definition) is 6. The van der Waals surface area contributed by atoms with Crippen molar-refractivity contribution in [2.45, 2.75) is 31.4 Å². The lowest BCUT2D eigenvalue weighted by molar-refractivity contribution is 0.0368. The van der Waals surface area contributed by atoms with Crippen LogP contribution in [0.4, 0.5) is 0 Å². The highest BCUT2D eigenvalue weighted by Gasteiger charge is 2.32. The molecule has 0 radical (unpaired) electrons. The summed E-state index contributed by atoms with van der Waals surface area (Å²) in [6.45, 7) is 3.11. The zero-order valence-corrected chi connectivity index (χ0v) is 17.0. The van der Waals surface area contributed by atoms with E-state index < -0.39 is 6.10 Å². The number of β-amino-alcohol motifs (C(OH)–C–C–N with tert-alkyl or cyclic N) is 1. The molecule has 2 aromatic rings. The normalized spacial score (nSPS) is 19.1. The summed E-state index contributed by atoms with van der Waals surface area (Å²) < 4.78 is 5.47. The van der Waals surface area contributed by atoms with E-state index in [0.29, 0.717) is 6.54 Å². The Hall–Kier alpha value is -2.22. The molecule has 7 nitrogen and oxygen atoms in total. The van der Waals surface area contributed by atoms with Gasteiger partial charge < -0.3 is 19.6 Å². The molecule has 1 unspecified atom stereocenters. The number of nitrogens with zero attached hydrogens (tertiary/aromatic N) is 4. The largest absolute Gasteiger partial charge is 0.473 e. The maximum absolute atomic E-state index is 12.9. The second-order valence-corrected chi connectivity index (χ2v) is 7.91. The fourth-order valence-electron chi connectivity index (χ4n) is 4.14. The lowest BCUT2D eigenvalue weighted by Crippen LogP contribution is -2.51. The number of aliphatic hydroxyl groups excluding tert-OH is 1. The fourth-order valence-corrected chi connectivity index (χ4v) is 4.30. The second-order valence-electron chi connectivity index (χ2n) is 7.55. The van der Waals surface area contributed by atoms with Crippen LogP contribution in [0.15, 0.2) is 36.7 Å². The molecule has 2 aliphatic rings. The van der Waals surface area contributed by atoms with Crippen LogP contribution in [0.25, 0.3) is 0 Å². The van der Waals surface area contributed by atoms with Crippen LogP contribution in [0.2, 0.25) is 5.15 Å². The van der Waals surface area contributed by atoms with E-state index in [9.17, 15) is 9.90 Å². The molecule has 0 saturated carbocycles. The molecule has 4 rings (SSSR count). The first-order chi connectivity index (χ1) is 14.1. The summed E-state index contributed by atoms with van der Waals surface area (Å²) in [4.78, 5) is 25.0. The number of ether oxygens (including phenoxy) is 1. The van der Waals surface area contributed by atoms with Gasteiger partial charge >= 0.3 is 0 Å². The monoisotopic (exact) mass is 416 g/mol. The number of carbonyl (C=O) groups excluding carboxylic acids is 1. The third kappa shape index (κ3) is 4.69. The van der Waals surface area contributed by atoms with Crippen molar-refractivity contribution < 1.29 is 14.6 Å². The molecular weight excluding hydrogens is 392 g/mol. The third-order valence-electron chi connectivity index (χ3n) is 5.63. The number of aromatic nitrogens is 2. The van der Waals surface area contributed by atoms with Gasteiger partial charge in [-0.05, 0) is 30.9 Å². The molecule has 0 aliphatic carbocycles. The number of aliphatic hydroxyl groups is 1. The quantitative estimate of drug-likeness (QED) is 0.776. The van der Waals surface area contributed by atoms with E-state index in [0.717, 1.165) is 50.0 Å². The van der Waals surface area contributed by atoms with Gasteiger partial charge in [-0.1, -0.05) is 29.8 Å². The molecule has 2 aliphatic heterocycles. The Morgan fingerprint density at radius 3 is 2.72 bits per heavy atom. The average Bonchev–Trinajstić information content (AvgIpc) is 2.74. The van der Waals surface area contributed by atoms with Crippen molar-refractivity contribution in [2.24, 2.45) is 0 Å². The average molecular weight is 417 g/mol. The van der Waals surface area contributed by atoms with E-state index in [1.54, 1.807) is 0 Å². The van der Waals surface area contributed by atoms with Crippen molar-refractivity contribution in [3.8, 4) is 5.88 Å². The van der Waals surface area contributed by atoms with Gasteiger partial charge in [0.25, 0.3) is 11.8 Å². The molecule has 8 heteroatoms. The van der Waals surface area contributed by atoms with Crippen LogP contribution in [0.1, 0.15) is 28.8 Å². The van der Waals surface area contributed by atoms with Crippen LogP contribution in [0, 0.1) is 0 Å². The number of carbonyl (C=O) groups is 1. The first-order valence-corrected chi connectivity index (χ1v) is 10.4. The molecule has 29 heavy (non-hydrogen) atoms. The number of halogens is 1. The first-order valence-electron chi connectivity index (χ1n) is 10.0. The Labute approximate surface area is 175 Å². The molecule has 1 atom stereocenters. The first kappa shape index (κ1) is 20.1. The molecule has 0 bridgehead atoms.